The molecule has 0 bridgehead atoms. The van der Waals surface area contributed by atoms with Crippen LogP contribution in [-0.2, 0) is 4.79 Å². The number of carbonyl (C=O) groups is 1. The largest absolute Gasteiger partial charge is 0.494 e. The second kappa shape index (κ2) is 8.69. The van der Waals surface area contributed by atoms with Gasteiger partial charge in [0, 0.05) is 24.2 Å². The molecule has 1 unspecified atom stereocenters. The van der Waals surface area contributed by atoms with Crippen LogP contribution in [0.1, 0.15) is 49.1 Å². The molecule has 0 saturated carbocycles. The maximum atomic E-state index is 12.6. The lowest BCUT2D eigenvalue weighted by molar-refractivity contribution is -0.117. The van der Waals surface area contributed by atoms with Crippen molar-refractivity contribution in [2.75, 3.05) is 18.1 Å². The second-order valence-corrected chi connectivity index (χ2v) is 7.93. The highest BCUT2D eigenvalue weighted by Crippen LogP contribution is 2.33. The van der Waals surface area contributed by atoms with Crippen molar-refractivity contribution < 1.29 is 14.1 Å². The Bertz CT molecular complexity index is 1010. The summed E-state index contributed by atoms with van der Waals surface area (Å²) in [6.07, 6.45) is 2.52. The number of hydrogen-bond donors (Lipinski definition) is 0. The van der Waals surface area contributed by atoms with Gasteiger partial charge in [-0.05, 0) is 67.8 Å². The third kappa shape index (κ3) is 4.37. The number of ether oxygens (including phenoxy) is 1. The Morgan fingerprint density at radius 3 is 2.57 bits per heavy atom. The Balaban J connectivity index is 1.46. The topological polar surface area (TPSA) is 68.5 Å². The maximum Gasteiger partial charge on any atom is 0.232 e. The summed E-state index contributed by atoms with van der Waals surface area (Å²) in [5.41, 5.74) is 4.08. The van der Waals surface area contributed by atoms with Crippen LogP contribution in [0.25, 0.3) is 11.4 Å². The number of aromatic nitrogens is 2. The summed E-state index contributed by atoms with van der Waals surface area (Å²) < 4.78 is 11.2. The molecular weight excluding hydrogens is 378 g/mol. The summed E-state index contributed by atoms with van der Waals surface area (Å²) in [5.74, 6) is 1.85. The zero-order valence-corrected chi connectivity index (χ0v) is 17.7. The number of amides is 1. The zero-order valence-electron chi connectivity index (χ0n) is 17.7. The van der Waals surface area contributed by atoms with Crippen LogP contribution in [0.4, 0.5) is 5.69 Å². The highest BCUT2D eigenvalue weighted by atomic mass is 16.5. The van der Waals surface area contributed by atoms with E-state index in [0.717, 1.165) is 47.6 Å². The Morgan fingerprint density at radius 1 is 1.13 bits per heavy atom. The van der Waals surface area contributed by atoms with E-state index in [4.69, 9.17) is 9.26 Å². The predicted molar refractivity (Wildman–Crippen MR) is 116 cm³/mol. The lowest BCUT2D eigenvalue weighted by Crippen LogP contribution is -2.24. The number of carbonyl (C=O) groups excluding carboxylic acids is 1. The summed E-state index contributed by atoms with van der Waals surface area (Å²) in [5, 5.41) is 4.13. The van der Waals surface area contributed by atoms with E-state index in [9.17, 15) is 4.79 Å². The molecule has 1 fully saturated rings. The van der Waals surface area contributed by atoms with Gasteiger partial charge in [0.1, 0.15) is 5.75 Å². The maximum absolute atomic E-state index is 12.6. The van der Waals surface area contributed by atoms with Crippen LogP contribution in [0.2, 0.25) is 0 Å². The lowest BCUT2D eigenvalue weighted by Gasteiger charge is -2.17. The molecule has 0 aliphatic carbocycles. The molecule has 30 heavy (non-hydrogen) atoms. The van der Waals surface area contributed by atoms with E-state index in [-0.39, 0.29) is 11.8 Å². The van der Waals surface area contributed by atoms with Gasteiger partial charge >= 0.3 is 0 Å². The third-order valence-corrected chi connectivity index (χ3v) is 5.31. The molecule has 2 heterocycles. The van der Waals surface area contributed by atoms with Crippen LogP contribution in [-0.4, -0.2) is 29.2 Å². The van der Waals surface area contributed by atoms with Crippen LogP contribution < -0.4 is 9.64 Å². The van der Waals surface area contributed by atoms with Crippen molar-refractivity contribution in [1.82, 2.24) is 10.1 Å². The number of benzene rings is 2. The molecule has 1 aromatic heterocycles. The summed E-state index contributed by atoms with van der Waals surface area (Å²) in [6.45, 7) is 7.49. The van der Waals surface area contributed by atoms with Crippen LogP contribution in [0.5, 0.6) is 5.75 Å². The summed E-state index contributed by atoms with van der Waals surface area (Å²) in [7, 11) is 0. The van der Waals surface area contributed by atoms with Crippen molar-refractivity contribution >= 4 is 11.6 Å². The van der Waals surface area contributed by atoms with Crippen LogP contribution in [0, 0.1) is 13.8 Å². The van der Waals surface area contributed by atoms with Crippen molar-refractivity contribution in [3.63, 3.8) is 0 Å². The smallest absolute Gasteiger partial charge is 0.232 e. The van der Waals surface area contributed by atoms with Gasteiger partial charge in [-0.15, -0.1) is 0 Å². The predicted octanol–water partition coefficient (Wildman–Crippen LogP) is 5.05. The monoisotopic (exact) mass is 405 g/mol. The number of nitrogens with zero attached hydrogens (tertiary/aromatic N) is 3. The van der Waals surface area contributed by atoms with E-state index < -0.39 is 0 Å². The Labute approximate surface area is 176 Å². The van der Waals surface area contributed by atoms with Gasteiger partial charge in [0.25, 0.3) is 0 Å². The molecular formula is C24H27N3O3. The zero-order chi connectivity index (χ0) is 21.1. The van der Waals surface area contributed by atoms with Crippen LogP contribution in [0.3, 0.4) is 0 Å². The van der Waals surface area contributed by atoms with Gasteiger partial charge in [-0.25, -0.2) is 0 Å². The van der Waals surface area contributed by atoms with E-state index >= 15 is 0 Å². The summed E-state index contributed by atoms with van der Waals surface area (Å²) >= 11 is 0. The highest BCUT2D eigenvalue weighted by molar-refractivity contribution is 5.96. The van der Waals surface area contributed by atoms with Gasteiger partial charge in [0.15, 0.2) is 0 Å². The molecule has 1 atom stereocenters. The van der Waals surface area contributed by atoms with Crippen LogP contribution >= 0.6 is 0 Å². The average molecular weight is 405 g/mol. The minimum Gasteiger partial charge on any atom is -0.494 e. The van der Waals surface area contributed by atoms with E-state index in [1.165, 1.54) is 0 Å². The number of hydrogen-bond acceptors (Lipinski definition) is 5. The first kappa shape index (κ1) is 20.1. The van der Waals surface area contributed by atoms with Gasteiger partial charge < -0.3 is 14.2 Å². The molecule has 4 rings (SSSR count). The van der Waals surface area contributed by atoms with Gasteiger partial charge in [-0.2, -0.15) is 4.98 Å². The first-order valence-electron chi connectivity index (χ1n) is 10.5. The molecule has 0 N–H and O–H groups in total. The normalized spacial score (nSPS) is 16.3. The Morgan fingerprint density at radius 2 is 1.87 bits per heavy atom. The van der Waals surface area contributed by atoms with E-state index in [0.29, 0.717) is 24.7 Å². The Hall–Kier alpha value is -3.15. The third-order valence-electron chi connectivity index (χ3n) is 5.31. The fourth-order valence-corrected chi connectivity index (χ4v) is 3.78. The number of anilines is 1. The summed E-state index contributed by atoms with van der Waals surface area (Å²) in [6, 6.07) is 13.9. The minimum absolute atomic E-state index is 0.0818. The molecule has 1 aliphatic rings. The van der Waals surface area contributed by atoms with Gasteiger partial charge in [-0.1, -0.05) is 24.6 Å². The van der Waals surface area contributed by atoms with E-state index in [1.54, 1.807) is 0 Å². The molecule has 6 nitrogen and oxygen atoms in total. The molecule has 3 aromatic rings. The second-order valence-electron chi connectivity index (χ2n) is 7.93. The average Bonchev–Trinajstić information content (AvgIpc) is 3.35. The molecule has 2 aromatic carbocycles. The van der Waals surface area contributed by atoms with Crippen molar-refractivity contribution in [2.45, 2.75) is 46.0 Å². The SMILES string of the molecule is CCCCOc1ccc(-c2noc(C3CC(=O)N(c4cc(C)cc(C)c4)C3)n2)cc1. The molecule has 1 amide bonds. The fraction of sp³-hybridized carbons (Fsp3) is 0.375. The van der Waals surface area contributed by atoms with Crippen molar-refractivity contribution in [1.29, 1.82) is 0 Å². The molecule has 6 heteroatoms. The Kier molecular flexibility index (Phi) is 5.84. The number of unbranched alkanes of at least 4 members (excludes halogenated alkanes) is 1. The minimum atomic E-state index is -0.101. The van der Waals surface area contributed by atoms with Crippen molar-refractivity contribution in [2.24, 2.45) is 0 Å². The van der Waals surface area contributed by atoms with Crippen LogP contribution in [0.15, 0.2) is 47.0 Å². The lowest BCUT2D eigenvalue weighted by atomic mass is 10.1. The quantitative estimate of drug-likeness (QED) is 0.514. The fourth-order valence-electron chi connectivity index (χ4n) is 3.78. The molecule has 1 saturated heterocycles. The van der Waals surface area contributed by atoms with Gasteiger partial charge in [-0.3, -0.25) is 4.79 Å². The van der Waals surface area contributed by atoms with Crippen molar-refractivity contribution in [3.05, 3.63) is 59.5 Å². The highest BCUT2D eigenvalue weighted by Gasteiger charge is 2.35. The standard InChI is InChI=1S/C24H27N3O3/c1-4-5-10-29-21-8-6-18(7-9-21)23-25-24(30-26-23)19-14-22(28)27(15-19)20-12-16(2)11-17(3)13-20/h6-9,11-13,19H,4-5,10,14-15H2,1-3H3. The van der Waals surface area contributed by atoms with Crippen molar-refractivity contribution in [3.8, 4) is 17.1 Å². The molecule has 0 spiro atoms. The molecule has 0 radical (unpaired) electrons. The van der Waals surface area contributed by atoms with E-state index in [1.807, 2.05) is 55.1 Å². The van der Waals surface area contributed by atoms with E-state index in [2.05, 4.69) is 23.1 Å². The first-order valence-corrected chi connectivity index (χ1v) is 10.5. The number of aryl methyl sites for hydroxylation is 2. The summed E-state index contributed by atoms with van der Waals surface area (Å²) in [4.78, 5) is 19.0. The molecule has 156 valence electrons. The molecule has 1 aliphatic heterocycles. The first-order chi connectivity index (χ1) is 14.5. The number of rotatable bonds is 7. The van der Waals surface area contributed by atoms with Gasteiger partial charge in [0.05, 0.1) is 12.5 Å². The van der Waals surface area contributed by atoms with Gasteiger partial charge in [0.2, 0.25) is 17.6 Å².